The summed E-state index contributed by atoms with van der Waals surface area (Å²) in [6.07, 6.45) is 1.29. The Morgan fingerprint density at radius 2 is 1.40 bits per heavy atom. The van der Waals surface area contributed by atoms with Crippen molar-refractivity contribution in [1.29, 1.82) is 0 Å². The first-order valence-electron chi connectivity index (χ1n) is 11.6. The van der Waals surface area contributed by atoms with Gasteiger partial charge >= 0.3 is 11.9 Å². The van der Waals surface area contributed by atoms with Gasteiger partial charge in [-0.05, 0) is 46.5 Å². The average molecular weight is 501 g/mol. The summed E-state index contributed by atoms with van der Waals surface area (Å²) in [6, 6.07) is -1.87. The zero-order valence-electron chi connectivity index (χ0n) is 21.7. The maximum atomic E-state index is 12.6. The summed E-state index contributed by atoms with van der Waals surface area (Å²) in [5.41, 5.74) is -0.553. The molecule has 35 heavy (non-hydrogen) atoms. The predicted molar refractivity (Wildman–Crippen MR) is 126 cm³/mol. The zero-order chi connectivity index (χ0) is 27.2. The monoisotopic (exact) mass is 500 g/mol. The SMILES string of the molecule is CC(=O)OCNC(=O)[C@H](C)NC(=O)[C@@H](NC(=O)CNC(=O)CCCCC(=O)OC(C)(C)C)C(C)C. The second-order valence-electron chi connectivity index (χ2n) is 9.41. The van der Waals surface area contributed by atoms with E-state index in [1.807, 2.05) is 0 Å². The van der Waals surface area contributed by atoms with E-state index in [2.05, 4.69) is 26.0 Å². The minimum absolute atomic E-state index is 0.143. The van der Waals surface area contributed by atoms with Gasteiger partial charge in [0.05, 0.1) is 6.54 Å². The molecule has 0 aromatic rings. The summed E-state index contributed by atoms with van der Waals surface area (Å²) >= 11 is 0. The van der Waals surface area contributed by atoms with Crippen molar-refractivity contribution >= 4 is 35.6 Å². The third kappa shape index (κ3) is 16.1. The number of rotatable bonds is 14. The van der Waals surface area contributed by atoms with E-state index in [1.54, 1.807) is 34.6 Å². The van der Waals surface area contributed by atoms with Gasteiger partial charge in [-0.25, -0.2) is 0 Å². The number of carbonyl (C=O) groups is 6. The molecule has 200 valence electrons. The molecule has 4 N–H and O–H groups in total. The van der Waals surface area contributed by atoms with Crippen LogP contribution in [0.4, 0.5) is 0 Å². The van der Waals surface area contributed by atoms with Crippen LogP contribution in [-0.2, 0) is 38.2 Å². The summed E-state index contributed by atoms with van der Waals surface area (Å²) in [4.78, 5) is 71.1. The normalized spacial score (nSPS) is 12.7. The smallest absolute Gasteiger partial charge is 0.306 e. The Kier molecular flexibility index (Phi) is 14.2. The van der Waals surface area contributed by atoms with Gasteiger partial charge in [-0.15, -0.1) is 0 Å². The van der Waals surface area contributed by atoms with Gasteiger partial charge in [0.1, 0.15) is 17.7 Å². The summed E-state index contributed by atoms with van der Waals surface area (Å²) in [7, 11) is 0. The molecule has 0 bridgehead atoms. The number of ether oxygens (including phenoxy) is 2. The summed E-state index contributed by atoms with van der Waals surface area (Å²) in [5, 5.41) is 9.86. The molecule has 0 radical (unpaired) electrons. The van der Waals surface area contributed by atoms with Crippen molar-refractivity contribution in [2.24, 2.45) is 5.92 Å². The van der Waals surface area contributed by atoms with Crippen LogP contribution in [0.1, 0.15) is 74.1 Å². The molecular formula is C23H40N4O8. The lowest BCUT2D eigenvalue weighted by molar-refractivity contribution is -0.155. The van der Waals surface area contributed by atoms with Crippen molar-refractivity contribution in [3.8, 4) is 0 Å². The van der Waals surface area contributed by atoms with Crippen molar-refractivity contribution in [2.75, 3.05) is 13.3 Å². The first-order chi connectivity index (χ1) is 16.1. The summed E-state index contributed by atoms with van der Waals surface area (Å²) < 4.78 is 9.81. The van der Waals surface area contributed by atoms with E-state index < -0.39 is 41.4 Å². The lowest BCUT2D eigenvalue weighted by Crippen LogP contribution is -2.55. The van der Waals surface area contributed by atoms with Crippen LogP contribution in [0.25, 0.3) is 0 Å². The Morgan fingerprint density at radius 3 is 1.94 bits per heavy atom. The van der Waals surface area contributed by atoms with Gasteiger partial charge in [-0.2, -0.15) is 0 Å². The van der Waals surface area contributed by atoms with E-state index in [9.17, 15) is 28.8 Å². The second kappa shape index (κ2) is 15.7. The van der Waals surface area contributed by atoms with Crippen LogP contribution in [0.3, 0.4) is 0 Å². The van der Waals surface area contributed by atoms with Crippen molar-refractivity contribution < 1.29 is 38.2 Å². The molecule has 0 aromatic heterocycles. The lowest BCUT2D eigenvalue weighted by Gasteiger charge is -2.24. The molecule has 4 amide bonds. The zero-order valence-corrected chi connectivity index (χ0v) is 21.7. The van der Waals surface area contributed by atoms with E-state index in [0.29, 0.717) is 12.8 Å². The minimum Gasteiger partial charge on any atom is -0.460 e. The van der Waals surface area contributed by atoms with Gasteiger partial charge in [0.25, 0.3) is 0 Å². The van der Waals surface area contributed by atoms with Crippen LogP contribution in [0.5, 0.6) is 0 Å². The maximum absolute atomic E-state index is 12.6. The fourth-order valence-corrected chi connectivity index (χ4v) is 2.70. The van der Waals surface area contributed by atoms with Crippen molar-refractivity contribution in [3.05, 3.63) is 0 Å². The standard InChI is InChI=1S/C23H40N4O8/c1-14(2)20(22(33)26-15(3)21(32)25-13-34-16(4)28)27-18(30)12-24-17(29)10-8-9-11-19(31)35-23(5,6)7/h14-15,20H,8-13H2,1-7H3,(H,24,29)(H,25,32)(H,26,33)(H,27,30)/t15-,20-/m0/s1. The highest BCUT2D eigenvalue weighted by molar-refractivity contribution is 5.93. The number of unbranched alkanes of at least 4 members (excludes halogenated alkanes) is 1. The molecule has 0 saturated heterocycles. The fourth-order valence-electron chi connectivity index (χ4n) is 2.70. The van der Waals surface area contributed by atoms with E-state index in [0.717, 1.165) is 0 Å². The van der Waals surface area contributed by atoms with E-state index in [4.69, 9.17) is 4.74 Å². The fraction of sp³-hybridized carbons (Fsp3) is 0.739. The first kappa shape index (κ1) is 31.8. The van der Waals surface area contributed by atoms with Crippen LogP contribution < -0.4 is 21.3 Å². The molecule has 0 aromatic carbocycles. The van der Waals surface area contributed by atoms with Gasteiger partial charge < -0.3 is 30.7 Å². The number of amides is 4. The lowest BCUT2D eigenvalue weighted by atomic mass is 10.0. The average Bonchev–Trinajstić information content (AvgIpc) is 2.71. The molecule has 0 unspecified atom stereocenters. The summed E-state index contributed by atoms with van der Waals surface area (Å²) in [6.45, 7) is 10.8. The van der Waals surface area contributed by atoms with Crippen molar-refractivity contribution in [1.82, 2.24) is 21.3 Å². The summed E-state index contributed by atoms with van der Waals surface area (Å²) in [5.74, 6) is -3.23. The molecule has 0 aliphatic carbocycles. The quantitative estimate of drug-likeness (QED) is 0.150. The minimum atomic E-state index is -0.934. The highest BCUT2D eigenvalue weighted by Gasteiger charge is 2.27. The van der Waals surface area contributed by atoms with E-state index in [1.165, 1.54) is 13.8 Å². The highest BCUT2D eigenvalue weighted by Crippen LogP contribution is 2.10. The van der Waals surface area contributed by atoms with Crippen LogP contribution in [0.15, 0.2) is 0 Å². The Morgan fingerprint density at radius 1 is 0.800 bits per heavy atom. The van der Waals surface area contributed by atoms with E-state index in [-0.39, 0.29) is 43.9 Å². The van der Waals surface area contributed by atoms with Gasteiger partial charge in [-0.1, -0.05) is 13.8 Å². The van der Waals surface area contributed by atoms with Crippen molar-refractivity contribution in [3.63, 3.8) is 0 Å². The molecule has 0 rings (SSSR count). The Balaban J connectivity index is 4.42. The van der Waals surface area contributed by atoms with Crippen LogP contribution in [-0.4, -0.2) is 66.5 Å². The van der Waals surface area contributed by atoms with E-state index >= 15 is 0 Å². The van der Waals surface area contributed by atoms with Crippen molar-refractivity contribution in [2.45, 2.75) is 91.8 Å². The van der Waals surface area contributed by atoms with Gasteiger partial charge in [-0.3, -0.25) is 28.8 Å². The molecular weight excluding hydrogens is 460 g/mol. The van der Waals surface area contributed by atoms with Crippen LogP contribution in [0, 0.1) is 5.92 Å². The largest absolute Gasteiger partial charge is 0.460 e. The molecule has 0 saturated carbocycles. The van der Waals surface area contributed by atoms with Gasteiger partial charge in [0.2, 0.25) is 23.6 Å². The first-order valence-corrected chi connectivity index (χ1v) is 11.6. The Bertz CT molecular complexity index is 761. The topological polar surface area (TPSA) is 169 Å². The third-order valence-electron chi connectivity index (χ3n) is 4.44. The molecule has 12 heteroatoms. The third-order valence-corrected chi connectivity index (χ3v) is 4.44. The number of esters is 2. The Labute approximate surface area is 206 Å². The maximum Gasteiger partial charge on any atom is 0.306 e. The number of carbonyl (C=O) groups excluding carboxylic acids is 6. The van der Waals surface area contributed by atoms with Gasteiger partial charge in [0, 0.05) is 19.8 Å². The highest BCUT2D eigenvalue weighted by atomic mass is 16.6. The molecule has 2 atom stereocenters. The molecule has 12 nitrogen and oxygen atoms in total. The number of nitrogens with one attached hydrogen (secondary N) is 4. The molecule has 0 aliphatic heterocycles. The molecule has 0 fully saturated rings. The molecule has 0 aliphatic rings. The number of hydrogen-bond donors (Lipinski definition) is 4. The van der Waals surface area contributed by atoms with Gasteiger partial charge in [0.15, 0.2) is 6.73 Å². The second-order valence-corrected chi connectivity index (χ2v) is 9.41. The van der Waals surface area contributed by atoms with Crippen LogP contribution >= 0.6 is 0 Å². The molecule has 0 spiro atoms. The number of hydrogen-bond acceptors (Lipinski definition) is 8. The molecule has 0 heterocycles. The Hall–Kier alpha value is -3.18. The predicted octanol–water partition coefficient (Wildman–Crippen LogP) is 0.287. The van der Waals surface area contributed by atoms with Crippen LogP contribution in [0.2, 0.25) is 0 Å².